The molecule has 1 aromatic rings. The van der Waals surface area contributed by atoms with Gasteiger partial charge in [-0.3, -0.25) is 4.79 Å². The van der Waals surface area contributed by atoms with Crippen LogP contribution in [0.4, 0.5) is 4.79 Å². The van der Waals surface area contributed by atoms with Crippen LogP contribution in [0.1, 0.15) is 24.0 Å². The van der Waals surface area contributed by atoms with Gasteiger partial charge in [0, 0.05) is 29.9 Å². The van der Waals surface area contributed by atoms with Crippen LogP contribution in [0.5, 0.6) is 0 Å². The number of nitrogens with zero attached hydrogens (tertiary/aromatic N) is 1. The molecule has 1 saturated carbocycles. The van der Waals surface area contributed by atoms with Crippen molar-refractivity contribution >= 4 is 23.6 Å². The molecule has 3 fully saturated rings. The lowest BCUT2D eigenvalue weighted by Crippen LogP contribution is -2.61. The average molecular weight is 379 g/mol. The molecule has 2 heterocycles. The lowest BCUT2D eigenvalue weighted by molar-refractivity contribution is -0.149. The van der Waals surface area contributed by atoms with Gasteiger partial charge in [-0.2, -0.15) is 0 Å². The zero-order valence-electron chi connectivity index (χ0n) is 14.8. The summed E-state index contributed by atoms with van der Waals surface area (Å²) in [6.45, 7) is 5.10. The number of nitrogens with one attached hydrogen (secondary N) is 1. The van der Waals surface area contributed by atoms with E-state index in [0.717, 1.165) is 29.2 Å². The molecule has 1 spiro atoms. The number of ether oxygens (including phenoxy) is 2. The number of hydrogen-bond acceptors (Lipinski definition) is 4. The largest absolute Gasteiger partial charge is 0.447 e. The molecule has 26 heavy (non-hydrogen) atoms. The van der Waals surface area contributed by atoms with Crippen molar-refractivity contribution in [2.24, 2.45) is 11.8 Å². The standard InChI is InChI=1S/C19H23ClN2O4/c1-12-4-13(2-3-16(12)20)9-25-10-14-7-22(8-14)17(23)15-5-19(6-15)11-26-18(24)21-19/h2-4,14-15H,5-11H2,1H3,(H,21,24)/t15-,19-. The molecule has 7 heteroatoms. The Morgan fingerprint density at radius 1 is 1.42 bits per heavy atom. The number of hydrogen-bond donors (Lipinski definition) is 1. The van der Waals surface area contributed by atoms with Crippen LogP contribution in [-0.2, 0) is 20.9 Å². The number of amides is 2. The maximum atomic E-state index is 12.5. The highest BCUT2D eigenvalue weighted by atomic mass is 35.5. The third kappa shape index (κ3) is 3.40. The first-order valence-corrected chi connectivity index (χ1v) is 9.38. The minimum atomic E-state index is -0.368. The number of carbonyl (C=O) groups excluding carboxylic acids is 2. The normalized spacial score (nSPS) is 27.7. The summed E-state index contributed by atoms with van der Waals surface area (Å²) in [6, 6.07) is 5.91. The maximum absolute atomic E-state index is 12.5. The second kappa shape index (κ2) is 6.74. The van der Waals surface area contributed by atoms with Gasteiger partial charge in [0.05, 0.1) is 18.8 Å². The number of cyclic esters (lactones) is 1. The Morgan fingerprint density at radius 3 is 2.85 bits per heavy atom. The third-order valence-corrected chi connectivity index (χ3v) is 6.01. The highest BCUT2D eigenvalue weighted by Crippen LogP contribution is 2.42. The van der Waals surface area contributed by atoms with Crippen molar-refractivity contribution in [1.82, 2.24) is 10.2 Å². The molecule has 0 aromatic heterocycles. The number of halogens is 1. The van der Waals surface area contributed by atoms with Crippen molar-refractivity contribution in [2.75, 3.05) is 26.3 Å². The van der Waals surface area contributed by atoms with Crippen LogP contribution in [0.2, 0.25) is 5.02 Å². The third-order valence-electron chi connectivity index (χ3n) is 5.58. The van der Waals surface area contributed by atoms with Crippen molar-refractivity contribution in [3.8, 4) is 0 Å². The van der Waals surface area contributed by atoms with Gasteiger partial charge >= 0.3 is 6.09 Å². The summed E-state index contributed by atoms with van der Waals surface area (Å²) in [5.74, 6) is 0.605. The minimum absolute atomic E-state index is 0.0101. The molecule has 2 saturated heterocycles. The molecule has 3 aliphatic rings. The van der Waals surface area contributed by atoms with Crippen LogP contribution >= 0.6 is 11.6 Å². The number of rotatable bonds is 5. The first-order valence-electron chi connectivity index (χ1n) is 9.01. The monoisotopic (exact) mass is 378 g/mol. The van der Waals surface area contributed by atoms with Crippen molar-refractivity contribution in [3.05, 3.63) is 34.3 Å². The van der Waals surface area contributed by atoms with Crippen molar-refractivity contribution in [2.45, 2.75) is 31.9 Å². The van der Waals surface area contributed by atoms with Crippen molar-refractivity contribution in [1.29, 1.82) is 0 Å². The molecule has 140 valence electrons. The van der Waals surface area contributed by atoms with Crippen LogP contribution in [0.25, 0.3) is 0 Å². The Morgan fingerprint density at radius 2 is 2.19 bits per heavy atom. The second-order valence-electron chi connectivity index (χ2n) is 7.79. The van der Waals surface area contributed by atoms with E-state index in [-0.39, 0.29) is 23.5 Å². The van der Waals surface area contributed by atoms with E-state index in [0.29, 0.717) is 38.6 Å². The average Bonchev–Trinajstić information content (AvgIpc) is 2.93. The highest BCUT2D eigenvalue weighted by molar-refractivity contribution is 6.31. The summed E-state index contributed by atoms with van der Waals surface area (Å²) in [5, 5.41) is 3.59. The van der Waals surface area contributed by atoms with Gasteiger partial charge in [-0.05, 0) is 37.0 Å². The fraction of sp³-hybridized carbons (Fsp3) is 0.579. The summed E-state index contributed by atoms with van der Waals surface area (Å²) in [7, 11) is 0. The van der Waals surface area contributed by atoms with E-state index in [1.54, 1.807) is 0 Å². The second-order valence-corrected chi connectivity index (χ2v) is 8.20. The molecule has 6 nitrogen and oxygen atoms in total. The molecular formula is C19H23ClN2O4. The Labute approximate surface area is 157 Å². The zero-order valence-corrected chi connectivity index (χ0v) is 15.6. The van der Waals surface area contributed by atoms with Gasteiger partial charge in [0.15, 0.2) is 0 Å². The van der Waals surface area contributed by atoms with E-state index in [1.807, 2.05) is 30.0 Å². The Balaban J connectivity index is 1.15. The summed E-state index contributed by atoms with van der Waals surface area (Å²) < 4.78 is 10.7. The number of likely N-dealkylation sites (tertiary alicyclic amines) is 1. The van der Waals surface area contributed by atoms with Crippen LogP contribution in [0, 0.1) is 18.8 Å². The molecule has 2 aliphatic heterocycles. The van der Waals surface area contributed by atoms with E-state index in [9.17, 15) is 9.59 Å². The minimum Gasteiger partial charge on any atom is -0.447 e. The highest BCUT2D eigenvalue weighted by Gasteiger charge is 2.54. The summed E-state index contributed by atoms with van der Waals surface area (Å²) in [6.07, 6.45) is 1.00. The van der Waals surface area contributed by atoms with Crippen LogP contribution in [-0.4, -0.2) is 48.7 Å². The zero-order chi connectivity index (χ0) is 18.3. The molecule has 2 amide bonds. The van der Waals surface area contributed by atoms with Gasteiger partial charge < -0.3 is 19.7 Å². The fourth-order valence-electron chi connectivity index (χ4n) is 4.02. The number of aryl methyl sites for hydroxylation is 1. The molecule has 4 rings (SSSR count). The van der Waals surface area contributed by atoms with E-state index in [4.69, 9.17) is 21.1 Å². The molecule has 0 bridgehead atoms. The SMILES string of the molecule is Cc1cc(COCC2CN(C(=O)[C@H]3C[C@@]4(COC(=O)N4)C3)C2)ccc1Cl. The number of benzene rings is 1. The summed E-state index contributed by atoms with van der Waals surface area (Å²) in [5.41, 5.74) is 1.87. The van der Waals surface area contributed by atoms with Crippen molar-refractivity contribution < 1.29 is 19.1 Å². The number of carbonyl (C=O) groups is 2. The molecule has 0 radical (unpaired) electrons. The molecule has 1 aliphatic carbocycles. The van der Waals surface area contributed by atoms with E-state index in [1.165, 1.54) is 0 Å². The molecule has 0 atom stereocenters. The Bertz CT molecular complexity index is 726. The Kier molecular flexibility index (Phi) is 4.57. The quantitative estimate of drug-likeness (QED) is 0.854. The summed E-state index contributed by atoms with van der Waals surface area (Å²) >= 11 is 6.03. The van der Waals surface area contributed by atoms with Crippen molar-refractivity contribution in [3.63, 3.8) is 0 Å². The lowest BCUT2D eigenvalue weighted by Gasteiger charge is -2.47. The van der Waals surface area contributed by atoms with Gasteiger partial charge in [0.25, 0.3) is 0 Å². The summed E-state index contributed by atoms with van der Waals surface area (Å²) in [4.78, 5) is 25.5. The van der Waals surface area contributed by atoms with Gasteiger partial charge in [-0.25, -0.2) is 4.79 Å². The smallest absolute Gasteiger partial charge is 0.407 e. The Hall–Kier alpha value is -1.79. The van der Waals surface area contributed by atoms with Crippen LogP contribution in [0.15, 0.2) is 18.2 Å². The molecular weight excluding hydrogens is 356 g/mol. The maximum Gasteiger partial charge on any atom is 0.407 e. The molecule has 1 aromatic carbocycles. The predicted molar refractivity (Wildman–Crippen MR) is 95.9 cm³/mol. The topological polar surface area (TPSA) is 67.9 Å². The van der Waals surface area contributed by atoms with Gasteiger partial charge in [0.1, 0.15) is 6.61 Å². The first kappa shape index (κ1) is 17.6. The molecule has 0 unspecified atom stereocenters. The van der Waals surface area contributed by atoms with Gasteiger partial charge in [-0.1, -0.05) is 23.7 Å². The first-order chi connectivity index (χ1) is 12.4. The fourth-order valence-corrected chi connectivity index (χ4v) is 4.14. The van der Waals surface area contributed by atoms with Gasteiger partial charge in [0.2, 0.25) is 5.91 Å². The van der Waals surface area contributed by atoms with Gasteiger partial charge in [-0.15, -0.1) is 0 Å². The predicted octanol–water partition coefficient (Wildman–Crippen LogP) is 2.51. The van der Waals surface area contributed by atoms with E-state index < -0.39 is 0 Å². The van der Waals surface area contributed by atoms with E-state index in [2.05, 4.69) is 5.32 Å². The lowest BCUT2D eigenvalue weighted by atomic mass is 9.68. The van der Waals surface area contributed by atoms with Crippen LogP contribution in [0.3, 0.4) is 0 Å². The van der Waals surface area contributed by atoms with Crippen LogP contribution < -0.4 is 5.32 Å². The van der Waals surface area contributed by atoms with E-state index >= 15 is 0 Å². The molecule has 1 N–H and O–H groups in total. The number of alkyl carbamates (subject to hydrolysis) is 1.